The minimum Gasteiger partial charge on any atom is -0.370 e. The van der Waals surface area contributed by atoms with Crippen molar-refractivity contribution >= 4 is 11.8 Å². The summed E-state index contributed by atoms with van der Waals surface area (Å²) in [5.74, 6) is 5.23. The fourth-order valence-electron chi connectivity index (χ4n) is 1.87. The average Bonchev–Trinajstić information content (AvgIpc) is 2.43. The summed E-state index contributed by atoms with van der Waals surface area (Å²) in [6.07, 6.45) is 1.75. The van der Waals surface area contributed by atoms with E-state index in [1.807, 2.05) is 19.1 Å². The van der Waals surface area contributed by atoms with Crippen molar-refractivity contribution in [3.8, 4) is 11.8 Å². The van der Waals surface area contributed by atoms with Gasteiger partial charge in [0.1, 0.15) is 0 Å². The molecule has 5 nitrogen and oxygen atoms in total. The Morgan fingerprint density at radius 3 is 2.67 bits per heavy atom. The number of aryl methyl sites for hydroxylation is 1. The molecule has 0 saturated heterocycles. The molecule has 0 atom stereocenters. The number of hydrogen-bond donors (Lipinski definition) is 3. The summed E-state index contributed by atoms with van der Waals surface area (Å²) in [6.45, 7) is 2.72. The Balaban J connectivity index is 2.57. The molecule has 0 bridgehead atoms. The third-order valence-electron chi connectivity index (χ3n) is 2.81. The second-order valence-electron chi connectivity index (χ2n) is 4.77. The van der Waals surface area contributed by atoms with Gasteiger partial charge in [-0.05, 0) is 43.5 Å². The van der Waals surface area contributed by atoms with Crippen LogP contribution >= 0.6 is 0 Å². The molecule has 0 unspecified atom stereocenters. The van der Waals surface area contributed by atoms with Crippen molar-refractivity contribution < 1.29 is 9.59 Å². The van der Waals surface area contributed by atoms with Crippen molar-refractivity contribution in [1.82, 2.24) is 5.32 Å². The SMILES string of the molecule is Cc1cc(C#CCN)cc(C(=O)NCCCCC(N)=O)c1. The molecule has 0 radical (unpaired) electrons. The maximum absolute atomic E-state index is 12.0. The highest BCUT2D eigenvalue weighted by molar-refractivity contribution is 5.94. The molecule has 0 aliphatic heterocycles. The Morgan fingerprint density at radius 1 is 1.24 bits per heavy atom. The van der Waals surface area contributed by atoms with Crippen LogP contribution in [-0.2, 0) is 4.79 Å². The summed E-state index contributed by atoms with van der Waals surface area (Å²) >= 11 is 0. The van der Waals surface area contributed by atoms with Crippen LogP contribution in [0, 0.1) is 18.8 Å². The number of unbranched alkanes of at least 4 members (excludes halogenated alkanes) is 1. The van der Waals surface area contributed by atoms with Gasteiger partial charge in [-0.15, -0.1) is 0 Å². The van der Waals surface area contributed by atoms with E-state index in [1.165, 1.54) is 0 Å². The molecule has 112 valence electrons. The molecule has 0 spiro atoms. The summed E-state index contributed by atoms with van der Waals surface area (Å²) < 4.78 is 0. The Kier molecular flexibility index (Phi) is 6.99. The van der Waals surface area contributed by atoms with E-state index in [4.69, 9.17) is 11.5 Å². The van der Waals surface area contributed by atoms with E-state index < -0.39 is 0 Å². The second-order valence-corrected chi connectivity index (χ2v) is 4.77. The lowest BCUT2D eigenvalue weighted by Gasteiger charge is -2.06. The molecule has 1 aromatic rings. The predicted octanol–water partition coefficient (Wildman–Crippen LogP) is 0.691. The number of benzene rings is 1. The summed E-state index contributed by atoms with van der Waals surface area (Å²) in [4.78, 5) is 22.6. The zero-order valence-electron chi connectivity index (χ0n) is 12.2. The fraction of sp³-hybridized carbons (Fsp3) is 0.375. The molecule has 1 rings (SSSR count). The molecule has 0 saturated carbocycles. The van der Waals surface area contributed by atoms with Crippen LogP contribution < -0.4 is 16.8 Å². The first-order valence-electron chi connectivity index (χ1n) is 6.90. The van der Waals surface area contributed by atoms with Crippen molar-refractivity contribution in [2.45, 2.75) is 26.2 Å². The molecule has 0 aliphatic rings. The highest BCUT2D eigenvalue weighted by Gasteiger charge is 2.06. The standard InChI is InChI=1S/C16H21N3O2/c1-12-9-13(5-4-7-17)11-14(10-12)16(21)19-8-3-2-6-15(18)20/h9-11H,2-3,6-8,17H2,1H3,(H2,18,20)(H,19,21). The molecule has 5 heteroatoms. The molecule has 0 fully saturated rings. The summed E-state index contributed by atoms with van der Waals surface area (Å²) in [5, 5.41) is 2.82. The zero-order chi connectivity index (χ0) is 15.7. The first kappa shape index (κ1) is 16.7. The van der Waals surface area contributed by atoms with E-state index >= 15 is 0 Å². The molecular formula is C16H21N3O2. The number of nitrogens with two attached hydrogens (primary N) is 2. The minimum absolute atomic E-state index is 0.145. The molecule has 1 aromatic carbocycles. The van der Waals surface area contributed by atoms with Gasteiger partial charge in [-0.2, -0.15) is 0 Å². The van der Waals surface area contributed by atoms with Crippen molar-refractivity contribution in [2.75, 3.05) is 13.1 Å². The first-order valence-corrected chi connectivity index (χ1v) is 6.90. The van der Waals surface area contributed by atoms with Crippen LogP contribution in [0.1, 0.15) is 40.7 Å². The Morgan fingerprint density at radius 2 is 2.00 bits per heavy atom. The van der Waals surface area contributed by atoms with Crippen LogP contribution in [0.25, 0.3) is 0 Å². The Hall–Kier alpha value is -2.32. The topological polar surface area (TPSA) is 98.2 Å². The van der Waals surface area contributed by atoms with Crippen LogP contribution in [0.2, 0.25) is 0 Å². The van der Waals surface area contributed by atoms with Gasteiger partial charge in [-0.25, -0.2) is 0 Å². The number of primary amides is 1. The van der Waals surface area contributed by atoms with Crippen LogP contribution in [-0.4, -0.2) is 24.9 Å². The van der Waals surface area contributed by atoms with Crippen LogP contribution in [0.15, 0.2) is 18.2 Å². The molecule has 21 heavy (non-hydrogen) atoms. The smallest absolute Gasteiger partial charge is 0.251 e. The number of nitrogens with one attached hydrogen (secondary N) is 1. The molecule has 0 aromatic heterocycles. The van der Waals surface area contributed by atoms with Crippen LogP contribution in [0.5, 0.6) is 0 Å². The number of hydrogen-bond acceptors (Lipinski definition) is 3. The monoisotopic (exact) mass is 287 g/mol. The lowest BCUT2D eigenvalue weighted by molar-refractivity contribution is -0.118. The number of carbonyl (C=O) groups is 2. The van der Waals surface area contributed by atoms with Gasteiger partial charge in [0, 0.05) is 24.1 Å². The second kappa shape index (κ2) is 8.77. The maximum atomic E-state index is 12.0. The largest absolute Gasteiger partial charge is 0.370 e. The van der Waals surface area contributed by atoms with Gasteiger partial charge in [-0.1, -0.05) is 11.8 Å². The van der Waals surface area contributed by atoms with E-state index in [0.717, 1.165) is 17.5 Å². The van der Waals surface area contributed by atoms with Crippen molar-refractivity contribution in [1.29, 1.82) is 0 Å². The average molecular weight is 287 g/mol. The highest BCUT2D eigenvalue weighted by Crippen LogP contribution is 2.09. The van der Waals surface area contributed by atoms with Gasteiger partial charge in [0.05, 0.1) is 6.54 Å². The van der Waals surface area contributed by atoms with E-state index in [2.05, 4.69) is 17.2 Å². The molecule has 0 heterocycles. The Labute approximate surface area is 125 Å². The van der Waals surface area contributed by atoms with Gasteiger partial charge in [-0.3, -0.25) is 9.59 Å². The normalized spacial score (nSPS) is 9.62. The van der Waals surface area contributed by atoms with Crippen molar-refractivity contribution in [3.63, 3.8) is 0 Å². The minimum atomic E-state index is -0.317. The van der Waals surface area contributed by atoms with Gasteiger partial charge < -0.3 is 16.8 Å². The van der Waals surface area contributed by atoms with Gasteiger partial charge in [0.25, 0.3) is 5.91 Å². The third-order valence-corrected chi connectivity index (χ3v) is 2.81. The number of rotatable bonds is 6. The quantitative estimate of drug-likeness (QED) is 0.530. The lowest BCUT2D eigenvalue weighted by atomic mass is 10.1. The third kappa shape index (κ3) is 6.59. The molecule has 2 amide bonds. The van der Waals surface area contributed by atoms with E-state index in [-0.39, 0.29) is 18.4 Å². The summed E-state index contributed by atoms with van der Waals surface area (Å²) in [7, 11) is 0. The zero-order valence-corrected chi connectivity index (χ0v) is 12.2. The molecular weight excluding hydrogens is 266 g/mol. The van der Waals surface area contributed by atoms with Crippen molar-refractivity contribution in [2.24, 2.45) is 11.5 Å². The van der Waals surface area contributed by atoms with Crippen LogP contribution in [0.4, 0.5) is 0 Å². The number of carbonyl (C=O) groups excluding carboxylic acids is 2. The van der Waals surface area contributed by atoms with E-state index in [0.29, 0.717) is 24.9 Å². The highest BCUT2D eigenvalue weighted by atomic mass is 16.2. The lowest BCUT2D eigenvalue weighted by Crippen LogP contribution is -2.25. The maximum Gasteiger partial charge on any atom is 0.251 e. The molecule has 0 aliphatic carbocycles. The van der Waals surface area contributed by atoms with Crippen LogP contribution in [0.3, 0.4) is 0 Å². The predicted molar refractivity (Wildman–Crippen MR) is 82.5 cm³/mol. The van der Waals surface area contributed by atoms with E-state index in [9.17, 15) is 9.59 Å². The Bertz CT molecular complexity index is 571. The van der Waals surface area contributed by atoms with Crippen molar-refractivity contribution in [3.05, 3.63) is 34.9 Å². The summed E-state index contributed by atoms with van der Waals surface area (Å²) in [6, 6.07) is 5.47. The van der Waals surface area contributed by atoms with E-state index in [1.54, 1.807) is 6.07 Å². The first-order chi connectivity index (χ1) is 10.0. The molecule has 5 N–H and O–H groups in total. The number of amides is 2. The fourth-order valence-corrected chi connectivity index (χ4v) is 1.87. The summed E-state index contributed by atoms with van der Waals surface area (Å²) in [5.41, 5.74) is 12.7. The van der Waals surface area contributed by atoms with Gasteiger partial charge in [0.15, 0.2) is 0 Å². The van der Waals surface area contributed by atoms with Gasteiger partial charge >= 0.3 is 0 Å². The van der Waals surface area contributed by atoms with Gasteiger partial charge in [0.2, 0.25) is 5.91 Å².